The molecule has 0 radical (unpaired) electrons. The highest BCUT2D eigenvalue weighted by atomic mass is 16.4. The van der Waals surface area contributed by atoms with Crippen LogP contribution in [0.3, 0.4) is 0 Å². The quantitative estimate of drug-likeness (QED) is 0.763. The van der Waals surface area contributed by atoms with E-state index < -0.39 is 5.97 Å². The summed E-state index contributed by atoms with van der Waals surface area (Å²) in [7, 11) is 1.70. The zero-order valence-corrected chi connectivity index (χ0v) is 14.2. The number of carbonyl (C=O) groups is 4. The fraction of sp³-hybridized carbons (Fsp3) is 0.750. The molecule has 2 heterocycles. The molecule has 1 N–H and O–H groups in total. The van der Waals surface area contributed by atoms with E-state index in [0.717, 1.165) is 6.42 Å². The van der Waals surface area contributed by atoms with Gasteiger partial charge in [0.15, 0.2) is 0 Å². The van der Waals surface area contributed by atoms with Crippen LogP contribution in [0.25, 0.3) is 0 Å². The van der Waals surface area contributed by atoms with Crippen molar-refractivity contribution < 1.29 is 24.3 Å². The standard InChI is InChI=1S/C16H25N3O5/c1-11(20)19(10-15(22)23)13-4-3-6-18(7-5-13)16(24)12-8-14(21)17(2)9-12/h12-13H,3-10H2,1-2H3,(H,22,23). The van der Waals surface area contributed by atoms with Crippen molar-refractivity contribution in [1.29, 1.82) is 0 Å². The van der Waals surface area contributed by atoms with E-state index in [1.807, 2.05) is 0 Å². The van der Waals surface area contributed by atoms with Crippen molar-refractivity contribution in [2.45, 2.75) is 38.6 Å². The third-order valence-corrected chi connectivity index (χ3v) is 4.85. The lowest BCUT2D eigenvalue weighted by atomic mass is 10.1. The average molecular weight is 339 g/mol. The normalized spacial score (nSPS) is 24.7. The van der Waals surface area contributed by atoms with Gasteiger partial charge in [-0.1, -0.05) is 0 Å². The Morgan fingerprint density at radius 2 is 1.96 bits per heavy atom. The molecule has 2 saturated heterocycles. The van der Waals surface area contributed by atoms with Gasteiger partial charge in [-0.15, -0.1) is 0 Å². The number of rotatable bonds is 4. The first-order valence-corrected chi connectivity index (χ1v) is 8.31. The molecular weight excluding hydrogens is 314 g/mol. The predicted molar refractivity (Wildman–Crippen MR) is 85.0 cm³/mol. The van der Waals surface area contributed by atoms with Gasteiger partial charge in [-0.25, -0.2) is 0 Å². The summed E-state index contributed by atoms with van der Waals surface area (Å²) >= 11 is 0. The van der Waals surface area contributed by atoms with Gasteiger partial charge in [-0.05, 0) is 19.3 Å². The van der Waals surface area contributed by atoms with E-state index >= 15 is 0 Å². The molecule has 2 aliphatic heterocycles. The molecule has 24 heavy (non-hydrogen) atoms. The van der Waals surface area contributed by atoms with Crippen LogP contribution < -0.4 is 0 Å². The summed E-state index contributed by atoms with van der Waals surface area (Å²) in [6.07, 6.45) is 2.22. The van der Waals surface area contributed by atoms with Crippen molar-refractivity contribution >= 4 is 23.7 Å². The van der Waals surface area contributed by atoms with Gasteiger partial charge in [0.05, 0.1) is 5.92 Å². The molecule has 2 rings (SSSR count). The average Bonchev–Trinajstić information content (AvgIpc) is 2.73. The fourth-order valence-electron chi connectivity index (χ4n) is 3.54. The predicted octanol–water partition coefficient (Wildman–Crippen LogP) is -0.221. The Balaban J connectivity index is 1.96. The van der Waals surface area contributed by atoms with Gasteiger partial charge in [0.1, 0.15) is 6.54 Å². The number of likely N-dealkylation sites (tertiary alicyclic amines) is 2. The highest BCUT2D eigenvalue weighted by molar-refractivity contribution is 5.89. The molecule has 8 nitrogen and oxygen atoms in total. The van der Waals surface area contributed by atoms with Gasteiger partial charge >= 0.3 is 5.97 Å². The Labute approximate surface area is 141 Å². The monoisotopic (exact) mass is 339 g/mol. The van der Waals surface area contributed by atoms with Gasteiger partial charge in [0, 0.05) is 46.1 Å². The van der Waals surface area contributed by atoms with Gasteiger partial charge < -0.3 is 19.8 Å². The molecule has 0 spiro atoms. The molecule has 134 valence electrons. The van der Waals surface area contributed by atoms with Gasteiger partial charge in [0.25, 0.3) is 0 Å². The number of hydrogen-bond donors (Lipinski definition) is 1. The van der Waals surface area contributed by atoms with E-state index in [0.29, 0.717) is 32.5 Å². The molecule has 2 atom stereocenters. The molecule has 3 amide bonds. The van der Waals surface area contributed by atoms with E-state index in [1.54, 1.807) is 16.8 Å². The largest absolute Gasteiger partial charge is 0.480 e. The topological polar surface area (TPSA) is 98.2 Å². The second-order valence-corrected chi connectivity index (χ2v) is 6.63. The van der Waals surface area contributed by atoms with E-state index in [2.05, 4.69) is 0 Å². The highest BCUT2D eigenvalue weighted by Crippen LogP contribution is 2.22. The van der Waals surface area contributed by atoms with Crippen LogP contribution in [0.1, 0.15) is 32.6 Å². The van der Waals surface area contributed by atoms with Crippen molar-refractivity contribution in [2.24, 2.45) is 5.92 Å². The van der Waals surface area contributed by atoms with Gasteiger partial charge in [-0.3, -0.25) is 19.2 Å². The van der Waals surface area contributed by atoms with Crippen molar-refractivity contribution in [1.82, 2.24) is 14.7 Å². The van der Waals surface area contributed by atoms with Gasteiger partial charge in [-0.2, -0.15) is 0 Å². The fourth-order valence-corrected chi connectivity index (χ4v) is 3.54. The lowest BCUT2D eigenvalue weighted by Crippen LogP contribution is -2.43. The maximum absolute atomic E-state index is 12.6. The third kappa shape index (κ3) is 4.24. The minimum absolute atomic E-state index is 0.00902. The third-order valence-electron chi connectivity index (χ3n) is 4.85. The Hall–Kier alpha value is -2.12. The molecule has 8 heteroatoms. The van der Waals surface area contributed by atoms with Crippen LogP contribution in [0, 0.1) is 5.92 Å². The number of aliphatic carboxylic acids is 1. The van der Waals surface area contributed by atoms with E-state index in [9.17, 15) is 19.2 Å². The first-order chi connectivity index (χ1) is 11.3. The zero-order chi connectivity index (χ0) is 17.9. The smallest absolute Gasteiger partial charge is 0.323 e. The van der Waals surface area contributed by atoms with E-state index in [1.165, 1.54) is 11.8 Å². The van der Waals surface area contributed by atoms with Crippen LogP contribution >= 0.6 is 0 Å². The van der Waals surface area contributed by atoms with Crippen LogP contribution in [0.2, 0.25) is 0 Å². The maximum Gasteiger partial charge on any atom is 0.323 e. The van der Waals surface area contributed by atoms with Crippen LogP contribution in [0.5, 0.6) is 0 Å². The number of amides is 3. The van der Waals surface area contributed by atoms with Crippen LogP contribution in [-0.2, 0) is 19.2 Å². The summed E-state index contributed by atoms with van der Waals surface area (Å²) in [5.41, 5.74) is 0. The molecule has 2 fully saturated rings. The molecule has 2 unspecified atom stereocenters. The van der Waals surface area contributed by atoms with Crippen molar-refractivity contribution in [3.8, 4) is 0 Å². The molecule has 2 aliphatic rings. The molecule has 0 bridgehead atoms. The number of nitrogens with zero attached hydrogens (tertiary/aromatic N) is 3. The molecule has 0 aromatic heterocycles. The summed E-state index contributed by atoms with van der Waals surface area (Å²) < 4.78 is 0. The Morgan fingerprint density at radius 1 is 1.25 bits per heavy atom. The number of hydrogen-bond acceptors (Lipinski definition) is 4. The molecule has 0 aliphatic carbocycles. The van der Waals surface area contributed by atoms with Crippen molar-refractivity contribution in [3.63, 3.8) is 0 Å². The van der Waals surface area contributed by atoms with E-state index in [4.69, 9.17) is 5.11 Å². The van der Waals surface area contributed by atoms with Gasteiger partial charge in [0.2, 0.25) is 17.7 Å². The summed E-state index contributed by atoms with van der Waals surface area (Å²) in [4.78, 5) is 51.6. The second-order valence-electron chi connectivity index (χ2n) is 6.63. The number of carboxylic acids is 1. The molecular formula is C16H25N3O5. The van der Waals surface area contributed by atoms with Crippen LogP contribution in [0.15, 0.2) is 0 Å². The molecule has 0 aromatic carbocycles. The molecule has 0 aromatic rings. The summed E-state index contributed by atoms with van der Waals surface area (Å²) in [5, 5.41) is 8.97. The van der Waals surface area contributed by atoms with Crippen molar-refractivity contribution in [2.75, 3.05) is 33.2 Å². The summed E-state index contributed by atoms with van der Waals surface area (Å²) in [5.74, 6) is -1.60. The minimum atomic E-state index is -1.03. The number of carboxylic acid groups (broad SMARTS) is 1. The second kappa shape index (κ2) is 7.63. The minimum Gasteiger partial charge on any atom is -0.480 e. The first-order valence-electron chi connectivity index (χ1n) is 8.31. The highest BCUT2D eigenvalue weighted by Gasteiger charge is 2.36. The summed E-state index contributed by atoms with van der Waals surface area (Å²) in [6.45, 7) is 2.59. The van der Waals surface area contributed by atoms with Crippen molar-refractivity contribution in [3.05, 3.63) is 0 Å². The molecule has 0 saturated carbocycles. The SMILES string of the molecule is CC(=O)N(CC(=O)O)C1CCCN(C(=O)C2CC(=O)N(C)C2)CC1. The zero-order valence-electron chi connectivity index (χ0n) is 14.2. The lowest BCUT2D eigenvalue weighted by molar-refractivity contribution is -0.145. The van der Waals surface area contributed by atoms with E-state index in [-0.39, 0.29) is 42.6 Å². The lowest BCUT2D eigenvalue weighted by Gasteiger charge is -2.29. The summed E-state index contributed by atoms with van der Waals surface area (Å²) in [6, 6.07) is -0.163. The first kappa shape index (κ1) is 18.2. The Bertz CT molecular complexity index is 536. The van der Waals surface area contributed by atoms with Crippen LogP contribution in [-0.4, -0.2) is 82.8 Å². The Kier molecular flexibility index (Phi) is 5.80. The maximum atomic E-state index is 12.6. The Morgan fingerprint density at radius 3 is 2.50 bits per heavy atom. The number of carbonyl (C=O) groups excluding carboxylic acids is 3. The van der Waals surface area contributed by atoms with Crippen LogP contribution in [0.4, 0.5) is 0 Å².